The number of nitrogen functional groups attached to an aromatic ring is 1. The first-order chi connectivity index (χ1) is 18.7. The van der Waals surface area contributed by atoms with Crippen LogP contribution in [0.15, 0.2) is 47.2 Å². The van der Waals surface area contributed by atoms with Crippen molar-refractivity contribution < 1.29 is 27.9 Å². The van der Waals surface area contributed by atoms with Crippen molar-refractivity contribution in [3.8, 4) is 11.6 Å². The molecule has 1 aliphatic carbocycles. The monoisotopic (exact) mass is 618 g/mol. The van der Waals surface area contributed by atoms with Crippen molar-refractivity contribution in [2.45, 2.75) is 31.8 Å². The summed E-state index contributed by atoms with van der Waals surface area (Å²) < 4.78 is 38.7. The first-order valence-corrected chi connectivity index (χ1v) is 14.6. The predicted molar refractivity (Wildman–Crippen MR) is 148 cm³/mol. The summed E-state index contributed by atoms with van der Waals surface area (Å²) in [6, 6.07) is 10.2. The van der Waals surface area contributed by atoms with Gasteiger partial charge in [0.25, 0.3) is 0 Å². The first-order valence-electron chi connectivity index (χ1n) is 12.2. The molecule has 0 spiro atoms. The lowest BCUT2D eigenvalue weighted by Crippen LogP contribution is -2.36. The maximum Gasteiger partial charge on any atom is 0.459 e. The molecular weight excluding hydrogens is 591 g/mol. The maximum absolute atomic E-state index is 13.9. The van der Waals surface area contributed by atoms with E-state index in [2.05, 4.69) is 36.0 Å². The van der Waals surface area contributed by atoms with Crippen LogP contribution >= 0.6 is 23.7 Å². The number of halogens is 1. The Hall–Kier alpha value is -3.25. The minimum absolute atomic E-state index is 0.0855. The summed E-state index contributed by atoms with van der Waals surface area (Å²) in [5.41, 5.74) is 6.96. The van der Waals surface area contributed by atoms with Crippen LogP contribution in [0, 0.1) is 5.92 Å². The van der Waals surface area contributed by atoms with Crippen molar-refractivity contribution in [1.82, 2.24) is 24.6 Å². The van der Waals surface area contributed by atoms with E-state index in [0.29, 0.717) is 22.8 Å². The van der Waals surface area contributed by atoms with Crippen LogP contribution < -0.4 is 20.1 Å². The lowest BCUT2D eigenvalue weighted by Gasteiger charge is -2.36. The highest BCUT2D eigenvalue weighted by Crippen LogP contribution is 2.50. The Bertz CT molecular complexity index is 1580. The Balaban J connectivity index is 1.31. The number of nitrogens with two attached hydrogens (primary N) is 1. The van der Waals surface area contributed by atoms with Crippen molar-refractivity contribution in [1.29, 1.82) is 0 Å². The molecule has 1 fully saturated rings. The Kier molecular flexibility index (Phi) is 7.77. The zero-order chi connectivity index (χ0) is 27.7. The van der Waals surface area contributed by atoms with Crippen LogP contribution in [0.2, 0.25) is 0 Å². The van der Waals surface area contributed by atoms with Crippen molar-refractivity contribution in [2.24, 2.45) is 5.92 Å². The lowest BCUT2D eigenvalue weighted by atomic mass is 9.81. The van der Waals surface area contributed by atoms with Gasteiger partial charge in [0, 0.05) is 15.9 Å². The Morgan fingerprint density at radius 1 is 1.21 bits per heavy atom. The van der Waals surface area contributed by atoms with Gasteiger partial charge in [-0.2, -0.15) is 15.1 Å². The van der Waals surface area contributed by atoms with Crippen molar-refractivity contribution in [3.05, 3.63) is 47.2 Å². The molecule has 2 heterocycles. The highest BCUT2D eigenvalue weighted by Gasteiger charge is 2.37. The molecule has 4 aromatic rings. The standard InChI is InChI=1S/C25H28BrN6O6P/c1-14(24(33)36-3)31-39(34,38-20-9-8-19(26)17-6-4-5-7-18(17)20)37-12-15-10-16(11-15)32-13-28-21-22(32)29-25(27)30-23(21)35-2/h4-9,13-16H,10-12H2,1-3H3,(H,31,34)(H2,27,29,30)/t14-,15-,16+,39?/m0/s1. The number of ether oxygens (including phenoxy) is 2. The molecule has 39 heavy (non-hydrogen) atoms. The second-order valence-electron chi connectivity index (χ2n) is 9.26. The molecule has 0 bridgehead atoms. The van der Waals surface area contributed by atoms with E-state index in [1.54, 1.807) is 12.4 Å². The normalized spacial score (nSPS) is 19.3. The topological polar surface area (TPSA) is 153 Å². The summed E-state index contributed by atoms with van der Waals surface area (Å²) in [7, 11) is -1.23. The third-order valence-electron chi connectivity index (χ3n) is 6.64. The number of carbonyl (C=O) groups excluding carboxylic acids is 1. The number of carbonyl (C=O) groups is 1. The molecule has 3 N–H and O–H groups in total. The SMILES string of the molecule is COC(=O)[C@H](C)NP(=O)(OC[C@H]1C[C@@H](n2cnc3c(OC)nc(N)nc32)C1)Oc1ccc(Br)c2ccccc12. The molecule has 5 rings (SSSR count). The minimum Gasteiger partial charge on any atom is -0.479 e. The second kappa shape index (κ2) is 11.1. The van der Waals surface area contributed by atoms with E-state index in [1.807, 2.05) is 34.9 Å². The largest absolute Gasteiger partial charge is 0.479 e. The third kappa shape index (κ3) is 5.58. The Morgan fingerprint density at radius 2 is 1.95 bits per heavy atom. The van der Waals surface area contributed by atoms with Gasteiger partial charge >= 0.3 is 13.7 Å². The summed E-state index contributed by atoms with van der Waals surface area (Å²) in [4.78, 5) is 24.9. The van der Waals surface area contributed by atoms with E-state index in [4.69, 9.17) is 24.3 Å². The molecule has 0 saturated heterocycles. The van der Waals surface area contributed by atoms with E-state index in [0.717, 1.165) is 28.1 Å². The molecule has 206 valence electrons. The summed E-state index contributed by atoms with van der Waals surface area (Å²) in [6.07, 6.45) is 3.15. The number of aromatic nitrogens is 4. The van der Waals surface area contributed by atoms with Gasteiger partial charge < -0.3 is 24.3 Å². The highest BCUT2D eigenvalue weighted by molar-refractivity contribution is 9.10. The molecule has 1 aliphatic rings. The van der Waals surface area contributed by atoms with E-state index >= 15 is 0 Å². The highest BCUT2D eigenvalue weighted by atomic mass is 79.9. The van der Waals surface area contributed by atoms with Crippen LogP contribution in [0.1, 0.15) is 25.8 Å². The number of nitrogens with one attached hydrogen (secondary N) is 1. The average molecular weight is 619 g/mol. The molecule has 2 atom stereocenters. The summed E-state index contributed by atoms with van der Waals surface area (Å²) in [5.74, 6) is 0.284. The van der Waals surface area contributed by atoms with Gasteiger partial charge in [-0.3, -0.25) is 9.32 Å². The lowest BCUT2D eigenvalue weighted by molar-refractivity contribution is -0.142. The quantitative estimate of drug-likeness (QED) is 0.189. The van der Waals surface area contributed by atoms with E-state index in [-0.39, 0.29) is 24.5 Å². The summed E-state index contributed by atoms with van der Waals surface area (Å²) >= 11 is 3.53. The number of esters is 1. The van der Waals surface area contributed by atoms with Crippen LogP contribution in [-0.2, 0) is 18.6 Å². The van der Waals surface area contributed by atoms with Crippen molar-refractivity contribution >= 4 is 57.5 Å². The van der Waals surface area contributed by atoms with Crippen LogP contribution in [0.3, 0.4) is 0 Å². The average Bonchev–Trinajstić information content (AvgIpc) is 3.31. The molecule has 0 amide bonds. The fourth-order valence-electron chi connectivity index (χ4n) is 4.58. The van der Waals surface area contributed by atoms with Gasteiger partial charge in [-0.15, -0.1) is 0 Å². The molecule has 14 heteroatoms. The number of benzene rings is 2. The zero-order valence-electron chi connectivity index (χ0n) is 21.5. The number of nitrogens with zero attached hydrogens (tertiary/aromatic N) is 4. The summed E-state index contributed by atoms with van der Waals surface area (Å²) in [5, 5.41) is 4.36. The van der Waals surface area contributed by atoms with Gasteiger partial charge in [-0.1, -0.05) is 40.2 Å². The number of hydrogen-bond acceptors (Lipinski definition) is 10. The fourth-order valence-corrected chi connectivity index (χ4v) is 6.65. The smallest absolute Gasteiger partial charge is 0.459 e. The van der Waals surface area contributed by atoms with Gasteiger partial charge in [-0.25, -0.2) is 9.55 Å². The van der Waals surface area contributed by atoms with Gasteiger partial charge in [0.1, 0.15) is 11.8 Å². The predicted octanol–water partition coefficient (Wildman–Crippen LogP) is 4.64. The minimum atomic E-state index is -3.99. The van der Waals surface area contributed by atoms with Crippen LogP contribution in [0.25, 0.3) is 21.9 Å². The molecule has 2 aromatic heterocycles. The van der Waals surface area contributed by atoms with Gasteiger partial charge in [0.2, 0.25) is 11.8 Å². The van der Waals surface area contributed by atoms with E-state index in [1.165, 1.54) is 21.1 Å². The van der Waals surface area contributed by atoms with E-state index < -0.39 is 19.8 Å². The van der Waals surface area contributed by atoms with Gasteiger partial charge in [0.05, 0.1) is 27.2 Å². The van der Waals surface area contributed by atoms with Crippen LogP contribution in [-0.4, -0.2) is 52.4 Å². The first kappa shape index (κ1) is 27.3. The summed E-state index contributed by atoms with van der Waals surface area (Å²) in [6.45, 7) is 1.69. The molecule has 0 aliphatic heterocycles. The second-order valence-corrected chi connectivity index (χ2v) is 11.8. The van der Waals surface area contributed by atoms with Gasteiger partial charge in [-0.05, 0) is 43.2 Å². The van der Waals surface area contributed by atoms with Crippen molar-refractivity contribution in [3.63, 3.8) is 0 Å². The molecule has 2 aromatic carbocycles. The number of anilines is 1. The number of imidazole rings is 1. The van der Waals surface area contributed by atoms with Crippen LogP contribution in [0.4, 0.5) is 5.95 Å². The fraction of sp³-hybridized carbons (Fsp3) is 0.360. The molecule has 1 saturated carbocycles. The zero-order valence-corrected chi connectivity index (χ0v) is 24.0. The third-order valence-corrected chi connectivity index (χ3v) is 8.96. The number of methoxy groups -OCH3 is 2. The molecule has 1 unspecified atom stereocenters. The number of rotatable bonds is 10. The maximum atomic E-state index is 13.9. The van der Waals surface area contributed by atoms with E-state index in [9.17, 15) is 9.36 Å². The van der Waals surface area contributed by atoms with Crippen LogP contribution in [0.5, 0.6) is 11.6 Å². The number of hydrogen-bond donors (Lipinski definition) is 2. The Morgan fingerprint density at radius 3 is 2.67 bits per heavy atom. The molecule has 12 nitrogen and oxygen atoms in total. The van der Waals surface area contributed by atoms with Gasteiger partial charge in [0.15, 0.2) is 11.2 Å². The molecule has 0 radical (unpaired) electrons. The van der Waals surface area contributed by atoms with Crippen molar-refractivity contribution in [2.75, 3.05) is 26.6 Å². The number of fused-ring (bicyclic) bond motifs is 2. The molecular formula is C25H28BrN6O6P. The Labute approximate surface area is 232 Å².